The molecule has 8 heteroatoms. The van der Waals surface area contributed by atoms with Crippen LogP contribution in [0.15, 0.2) is 29.6 Å². The lowest BCUT2D eigenvalue weighted by atomic mass is 10.1. The third-order valence-corrected chi connectivity index (χ3v) is 2.70. The van der Waals surface area contributed by atoms with Gasteiger partial charge in [-0.3, -0.25) is 9.89 Å². The molecule has 0 fully saturated rings. The molecule has 1 heterocycles. The Hall–Kier alpha value is -2.90. The SMILES string of the molecule is Cc1[nH]ncc1C(=O)Nc1cccc(F)c1C(N)=NO. The van der Waals surface area contributed by atoms with Crippen molar-refractivity contribution in [2.24, 2.45) is 10.9 Å². The predicted molar refractivity (Wildman–Crippen MR) is 70.2 cm³/mol. The third kappa shape index (κ3) is 2.44. The van der Waals surface area contributed by atoms with Crippen LogP contribution in [0.4, 0.5) is 10.1 Å². The molecule has 7 nitrogen and oxygen atoms in total. The average Bonchev–Trinajstić information content (AvgIpc) is 2.84. The number of oxime groups is 1. The van der Waals surface area contributed by atoms with Crippen LogP contribution in [0.5, 0.6) is 0 Å². The number of amidine groups is 1. The van der Waals surface area contributed by atoms with E-state index in [4.69, 9.17) is 10.9 Å². The molecule has 1 amide bonds. The Labute approximate surface area is 113 Å². The van der Waals surface area contributed by atoms with Gasteiger partial charge in [0.15, 0.2) is 5.84 Å². The van der Waals surface area contributed by atoms with Gasteiger partial charge in [0.2, 0.25) is 0 Å². The molecule has 1 aromatic heterocycles. The molecule has 0 saturated carbocycles. The predicted octanol–water partition coefficient (Wildman–Crippen LogP) is 1.20. The number of H-pyrrole nitrogens is 1. The van der Waals surface area contributed by atoms with Crippen molar-refractivity contribution in [3.63, 3.8) is 0 Å². The number of rotatable bonds is 3. The summed E-state index contributed by atoms with van der Waals surface area (Å²) in [4.78, 5) is 12.0. The molecule has 1 aromatic carbocycles. The highest BCUT2D eigenvalue weighted by atomic mass is 19.1. The van der Waals surface area contributed by atoms with Gasteiger partial charge in [-0.25, -0.2) is 4.39 Å². The summed E-state index contributed by atoms with van der Waals surface area (Å²) in [6.07, 6.45) is 1.35. The van der Waals surface area contributed by atoms with E-state index in [1.807, 2.05) is 0 Å². The number of benzene rings is 1. The monoisotopic (exact) mass is 277 g/mol. The van der Waals surface area contributed by atoms with Crippen molar-refractivity contribution in [2.75, 3.05) is 5.32 Å². The fourth-order valence-corrected chi connectivity index (χ4v) is 1.71. The highest BCUT2D eigenvalue weighted by molar-refractivity contribution is 6.10. The van der Waals surface area contributed by atoms with Crippen LogP contribution >= 0.6 is 0 Å². The minimum absolute atomic E-state index is 0.103. The summed E-state index contributed by atoms with van der Waals surface area (Å²) in [5.74, 6) is -1.61. The fraction of sp³-hybridized carbons (Fsp3) is 0.0833. The summed E-state index contributed by atoms with van der Waals surface area (Å²) in [6, 6.07) is 4.00. The summed E-state index contributed by atoms with van der Waals surface area (Å²) < 4.78 is 13.7. The lowest BCUT2D eigenvalue weighted by Gasteiger charge is -2.10. The Morgan fingerprint density at radius 3 is 2.90 bits per heavy atom. The minimum Gasteiger partial charge on any atom is -0.409 e. The second-order valence-corrected chi connectivity index (χ2v) is 4.01. The van der Waals surface area contributed by atoms with Crippen molar-refractivity contribution in [1.82, 2.24) is 10.2 Å². The number of amides is 1. The Bertz CT molecular complexity index is 680. The second-order valence-electron chi connectivity index (χ2n) is 4.01. The maximum atomic E-state index is 13.7. The Balaban J connectivity index is 2.38. The Morgan fingerprint density at radius 2 is 2.30 bits per heavy atom. The molecule has 104 valence electrons. The number of anilines is 1. The molecule has 0 aliphatic heterocycles. The number of nitrogens with one attached hydrogen (secondary N) is 2. The smallest absolute Gasteiger partial charge is 0.259 e. The normalized spacial score (nSPS) is 11.4. The average molecular weight is 277 g/mol. The largest absolute Gasteiger partial charge is 0.409 e. The molecule has 0 aliphatic carbocycles. The van der Waals surface area contributed by atoms with E-state index in [1.54, 1.807) is 6.92 Å². The molecular weight excluding hydrogens is 265 g/mol. The van der Waals surface area contributed by atoms with Crippen molar-refractivity contribution < 1.29 is 14.4 Å². The number of nitrogens with two attached hydrogens (primary N) is 1. The maximum absolute atomic E-state index is 13.7. The van der Waals surface area contributed by atoms with Gasteiger partial charge in [-0.1, -0.05) is 11.2 Å². The molecule has 2 aromatic rings. The number of aromatic nitrogens is 2. The van der Waals surface area contributed by atoms with Crippen molar-refractivity contribution in [3.05, 3.63) is 47.0 Å². The quantitative estimate of drug-likeness (QED) is 0.292. The summed E-state index contributed by atoms with van der Waals surface area (Å²) >= 11 is 0. The van der Waals surface area contributed by atoms with Crippen molar-refractivity contribution >= 4 is 17.4 Å². The van der Waals surface area contributed by atoms with E-state index in [0.717, 1.165) is 6.07 Å². The molecule has 0 aliphatic rings. The Kier molecular flexibility index (Phi) is 3.65. The van der Waals surface area contributed by atoms with Gasteiger partial charge >= 0.3 is 0 Å². The first-order valence-corrected chi connectivity index (χ1v) is 5.62. The standard InChI is InChI=1S/C12H12FN5O2/c1-6-7(5-15-17-6)12(19)16-9-4-2-3-8(13)10(9)11(14)18-20/h2-5,20H,1H3,(H2,14,18)(H,15,17)(H,16,19). The first-order valence-electron chi connectivity index (χ1n) is 5.62. The van der Waals surface area contributed by atoms with E-state index in [-0.39, 0.29) is 11.3 Å². The minimum atomic E-state index is -0.706. The fourth-order valence-electron chi connectivity index (χ4n) is 1.71. The molecule has 0 radical (unpaired) electrons. The number of hydrogen-bond acceptors (Lipinski definition) is 4. The molecule has 0 atom stereocenters. The molecule has 20 heavy (non-hydrogen) atoms. The van der Waals surface area contributed by atoms with E-state index in [9.17, 15) is 9.18 Å². The number of carbonyl (C=O) groups is 1. The second kappa shape index (κ2) is 5.39. The van der Waals surface area contributed by atoms with Gasteiger partial charge in [-0.05, 0) is 19.1 Å². The van der Waals surface area contributed by atoms with Gasteiger partial charge in [0, 0.05) is 5.69 Å². The molecule has 5 N–H and O–H groups in total. The lowest BCUT2D eigenvalue weighted by molar-refractivity contribution is 0.102. The molecule has 0 bridgehead atoms. The lowest BCUT2D eigenvalue weighted by Crippen LogP contribution is -2.20. The van der Waals surface area contributed by atoms with Gasteiger partial charge in [0.05, 0.1) is 23.0 Å². The first-order chi connectivity index (χ1) is 9.54. The number of carbonyl (C=O) groups excluding carboxylic acids is 1. The number of hydrogen-bond donors (Lipinski definition) is 4. The highest BCUT2D eigenvalue weighted by Gasteiger charge is 2.17. The summed E-state index contributed by atoms with van der Waals surface area (Å²) in [5.41, 5.74) is 6.23. The third-order valence-electron chi connectivity index (χ3n) is 2.70. The van der Waals surface area contributed by atoms with Gasteiger partial charge in [-0.2, -0.15) is 5.10 Å². The number of nitrogens with zero attached hydrogens (tertiary/aromatic N) is 2. The molecule has 0 unspecified atom stereocenters. The van der Waals surface area contributed by atoms with Crippen molar-refractivity contribution in [3.8, 4) is 0 Å². The molecular formula is C12H12FN5O2. The van der Waals surface area contributed by atoms with Gasteiger partial charge < -0.3 is 16.3 Å². The molecule has 2 rings (SSSR count). The number of aryl methyl sites for hydroxylation is 1. The first kappa shape index (κ1) is 13.5. The highest BCUT2D eigenvalue weighted by Crippen LogP contribution is 2.20. The zero-order chi connectivity index (χ0) is 14.7. The zero-order valence-electron chi connectivity index (χ0n) is 10.5. The van der Waals surface area contributed by atoms with Crippen molar-refractivity contribution in [1.29, 1.82) is 0 Å². The van der Waals surface area contributed by atoms with E-state index >= 15 is 0 Å². The van der Waals surface area contributed by atoms with E-state index in [2.05, 4.69) is 20.7 Å². The zero-order valence-corrected chi connectivity index (χ0v) is 10.5. The topological polar surface area (TPSA) is 116 Å². The van der Waals surface area contributed by atoms with Crippen LogP contribution in [0.25, 0.3) is 0 Å². The van der Waals surface area contributed by atoms with Crippen LogP contribution in [0.2, 0.25) is 0 Å². The summed E-state index contributed by atoms with van der Waals surface area (Å²) in [7, 11) is 0. The van der Waals surface area contributed by atoms with Crippen LogP contribution in [-0.4, -0.2) is 27.1 Å². The van der Waals surface area contributed by atoms with Crippen LogP contribution in [-0.2, 0) is 0 Å². The van der Waals surface area contributed by atoms with Crippen molar-refractivity contribution in [2.45, 2.75) is 6.92 Å². The van der Waals surface area contributed by atoms with E-state index in [1.165, 1.54) is 18.3 Å². The van der Waals surface area contributed by atoms with Crippen LogP contribution < -0.4 is 11.1 Å². The van der Waals surface area contributed by atoms with Gasteiger partial charge in [0.1, 0.15) is 5.82 Å². The van der Waals surface area contributed by atoms with E-state index < -0.39 is 17.6 Å². The summed E-state index contributed by atoms with van der Waals surface area (Å²) in [6.45, 7) is 1.68. The Morgan fingerprint density at radius 1 is 1.55 bits per heavy atom. The number of aromatic amines is 1. The summed E-state index contributed by atoms with van der Waals surface area (Å²) in [5, 5.41) is 20.3. The molecule has 0 saturated heterocycles. The van der Waals surface area contributed by atoms with Crippen LogP contribution in [0.1, 0.15) is 21.6 Å². The van der Waals surface area contributed by atoms with Crippen LogP contribution in [0.3, 0.4) is 0 Å². The maximum Gasteiger partial charge on any atom is 0.259 e. The molecule has 0 spiro atoms. The van der Waals surface area contributed by atoms with Crippen LogP contribution in [0, 0.1) is 12.7 Å². The van der Waals surface area contributed by atoms with Gasteiger partial charge in [0.25, 0.3) is 5.91 Å². The number of halogens is 1. The van der Waals surface area contributed by atoms with E-state index in [0.29, 0.717) is 11.3 Å². The van der Waals surface area contributed by atoms with Gasteiger partial charge in [-0.15, -0.1) is 0 Å².